The Labute approximate surface area is 219 Å². The van der Waals surface area contributed by atoms with Gasteiger partial charge in [-0.2, -0.15) is 8.78 Å². The first kappa shape index (κ1) is 23.2. The lowest BCUT2D eigenvalue weighted by molar-refractivity contribution is 0.0328. The summed E-state index contributed by atoms with van der Waals surface area (Å²) in [5, 5.41) is 5.28. The van der Waals surface area contributed by atoms with Gasteiger partial charge in [-0.15, -0.1) is 0 Å². The predicted octanol–water partition coefficient (Wildman–Crippen LogP) is 4.81. The molecule has 2 fully saturated rings. The molecule has 0 unspecified atom stereocenters. The minimum absolute atomic E-state index is 0.00762. The van der Waals surface area contributed by atoms with E-state index in [4.69, 9.17) is 0 Å². The van der Waals surface area contributed by atoms with Crippen molar-refractivity contribution in [2.75, 3.05) is 36.5 Å². The second-order valence-electron chi connectivity index (χ2n) is 11.1. The van der Waals surface area contributed by atoms with E-state index in [-0.39, 0.29) is 24.4 Å². The molecule has 0 radical (unpaired) electrons. The highest BCUT2D eigenvalue weighted by Crippen LogP contribution is 2.50. The Morgan fingerprint density at radius 2 is 1.87 bits per heavy atom. The molecule has 3 heterocycles. The Morgan fingerprint density at radius 1 is 1.08 bits per heavy atom. The summed E-state index contributed by atoms with van der Waals surface area (Å²) >= 11 is 0. The minimum atomic E-state index is -2.76. The van der Waals surface area contributed by atoms with Crippen LogP contribution in [0.15, 0.2) is 60.8 Å². The lowest BCUT2D eigenvalue weighted by Crippen LogP contribution is -2.58. The van der Waals surface area contributed by atoms with Crippen LogP contribution in [-0.4, -0.2) is 55.4 Å². The van der Waals surface area contributed by atoms with E-state index in [2.05, 4.69) is 10.2 Å². The van der Waals surface area contributed by atoms with Gasteiger partial charge in [0, 0.05) is 54.6 Å². The lowest BCUT2D eigenvalue weighted by atomic mass is 9.94. The normalized spacial score (nSPS) is 20.8. The Hall–Kier alpha value is -3.94. The number of carbonyl (C=O) groups is 2. The topological polar surface area (TPSA) is 55.9 Å². The smallest absolute Gasteiger partial charge is 0.285 e. The molecular formula is C30H28F2N4O2. The van der Waals surface area contributed by atoms with E-state index in [0.29, 0.717) is 24.2 Å². The third-order valence-corrected chi connectivity index (χ3v) is 8.60. The summed E-state index contributed by atoms with van der Waals surface area (Å²) in [5.74, 6) is -2.89. The van der Waals surface area contributed by atoms with Crippen molar-refractivity contribution >= 4 is 34.0 Å². The molecule has 3 aliphatic heterocycles. The minimum Gasteiger partial charge on any atom is -0.367 e. The van der Waals surface area contributed by atoms with E-state index in [9.17, 15) is 18.4 Å². The molecular weight excluding hydrogens is 486 g/mol. The quantitative estimate of drug-likeness (QED) is 0.531. The number of benzene rings is 3. The van der Waals surface area contributed by atoms with Crippen LogP contribution < -0.4 is 15.1 Å². The Morgan fingerprint density at radius 3 is 2.58 bits per heavy atom. The molecule has 0 aromatic heterocycles. The molecule has 1 aliphatic carbocycles. The molecule has 7 rings (SSSR count). The van der Waals surface area contributed by atoms with Crippen molar-refractivity contribution in [3.05, 3.63) is 83.1 Å². The molecule has 6 nitrogen and oxygen atoms in total. The lowest BCUT2D eigenvalue weighted by Gasteiger charge is -2.45. The first-order valence-electron chi connectivity index (χ1n) is 13.0. The summed E-state index contributed by atoms with van der Waals surface area (Å²) in [6.07, 6.45) is 4.14. The average Bonchev–Trinajstić information content (AvgIpc) is 3.49. The van der Waals surface area contributed by atoms with Crippen LogP contribution in [-0.2, 0) is 5.54 Å². The van der Waals surface area contributed by atoms with Crippen LogP contribution in [0, 0.1) is 6.92 Å². The molecule has 38 heavy (non-hydrogen) atoms. The fraction of sp³-hybridized carbons (Fsp3) is 0.333. The molecule has 194 valence electrons. The van der Waals surface area contributed by atoms with E-state index < -0.39 is 11.5 Å². The van der Waals surface area contributed by atoms with Crippen LogP contribution in [0.5, 0.6) is 0 Å². The number of hydrogen-bond acceptors (Lipinski definition) is 4. The summed E-state index contributed by atoms with van der Waals surface area (Å²) in [5.41, 5.74) is 4.60. The monoisotopic (exact) mass is 514 g/mol. The molecule has 1 saturated heterocycles. The highest BCUT2D eigenvalue weighted by molar-refractivity contribution is 6.25. The zero-order chi connectivity index (χ0) is 26.4. The Bertz CT molecular complexity index is 1560. The van der Waals surface area contributed by atoms with Crippen molar-refractivity contribution in [3.63, 3.8) is 0 Å². The van der Waals surface area contributed by atoms with E-state index in [1.165, 1.54) is 6.20 Å². The first-order valence-corrected chi connectivity index (χ1v) is 13.0. The van der Waals surface area contributed by atoms with Crippen molar-refractivity contribution in [2.45, 2.75) is 37.3 Å². The largest absolute Gasteiger partial charge is 0.367 e. The Balaban J connectivity index is 1.12. The molecule has 1 saturated carbocycles. The third kappa shape index (κ3) is 3.42. The van der Waals surface area contributed by atoms with Crippen LogP contribution in [0.3, 0.4) is 0 Å². The van der Waals surface area contributed by atoms with Gasteiger partial charge in [0.2, 0.25) is 0 Å². The molecule has 3 aromatic rings. The van der Waals surface area contributed by atoms with Crippen LogP contribution in [0.25, 0.3) is 10.8 Å². The standard InChI is InChI=1S/C30H28F2N4O2/c1-18-6-7-19(36-15-20(16-36)35-13-12-30(31,32)17-35)14-23(18)27(37)33-29(10-11-29)24-8-9-25-26-21(24)4-3-5-22(26)28(38)34(25)2/h3-9,12-14,20H,10-11,15-17H2,1-2H3,(H,33,37). The molecule has 0 spiro atoms. The highest BCUT2D eigenvalue weighted by Gasteiger charge is 2.48. The molecule has 1 N–H and O–H groups in total. The molecule has 8 heteroatoms. The fourth-order valence-electron chi connectivity index (χ4n) is 6.16. The zero-order valence-electron chi connectivity index (χ0n) is 21.3. The predicted molar refractivity (Wildman–Crippen MR) is 143 cm³/mol. The van der Waals surface area contributed by atoms with E-state index in [0.717, 1.165) is 52.2 Å². The maximum atomic E-state index is 13.6. The van der Waals surface area contributed by atoms with Gasteiger partial charge < -0.3 is 20.0 Å². The summed E-state index contributed by atoms with van der Waals surface area (Å²) in [6, 6.07) is 15.7. The maximum absolute atomic E-state index is 13.6. The van der Waals surface area contributed by atoms with E-state index in [1.54, 1.807) is 16.8 Å². The SMILES string of the molecule is Cc1ccc(N2CC(N3C=CC(F)(F)C3)C2)cc1C(=O)NC1(c2ccc3c4c(cccc24)C(=O)N3C)CC1. The maximum Gasteiger partial charge on any atom is 0.285 e. The number of hydrogen-bond donors (Lipinski definition) is 1. The van der Waals surface area contributed by atoms with E-state index in [1.807, 2.05) is 55.5 Å². The number of amides is 2. The molecule has 0 bridgehead atoms. The number of aryl methyl sites for hydroxylation is 1. The zero-order valence-corrected chi connectivity index (χ0v) is 21.3. The summed E-state index contributed by atoms with van der Waals surface area (Å²) in [4.78, 5) is 31.8. The van der Waals surface area contributed by atoms with Gasteiger partial charge in [0.1, 0.15) is 0 Å². The van der Waals surface area contributed by atoms with Crippen LogP contribution in [0.1, 0.15) is 44.7 Å². The number of halogens is 2. The van der Waals surface area contributed by atoms with Gasteiger partial charge in [-0.05, 0) is 60.5 Å². The van der Waals surface area contributed by atoms with Crippen molar-refractivity contribution in [1.29, 1.82) is 0 Å². The highest BCUT2D eigenvalue weighted by atomic mass is 19.3. The second kappa shape index (κ2) is 7.79. The second-order valence-corrected chi connectivity index (χ2v) is 11.1. The van der Waals surface area contributed by atoms with Gasteiger partial charge >= 0.3 is 0 Å². The molecule has 3 aromatic carbocycles. The Kier molecular flexibility index (Phi) is 4.75. The summed E-state index contributed by atoms with van der Waals surface area (Å²) in [6.45, 7) is 2.94. The van der Waals surface area contributed by atoms with Crippen LogP contribution in [0.2, 0.25) is 0 Å². The molecule has 2 amide bonds. The number of carbonyl (C=O) groups excluding carboxylic acids is 2. The van der Waals surface area contributed by atoms with Crippen LogP contribution >= 0.6 is 0 Å². The van der Waals surface area contributed by atoms with Crippen LogP contribution in [0.4, 0.5) is 20.2 Å². The number of anilines is 2. The van der Waals surface area contributed by atoms with Crippen molar-refractivity contribution in [1.82, 2.24) is 10.2 Å². The average molecular weight is 515 g/mol. The van der Waals surface area contributed by atoms with Gasteiger partial charge in [0.15, 0.2) is 0 Å². The van der Waals surface area contributed by atoms with Gasteiger partial charge in [-0.25, -0.2) is 0 Å². The fourth-order valence-corrected chi connectivity index (χ4v) is 6.16. The summed E-state index contributed by atoms with van der Waals surface area (Å²) in [7, 11) is 1.79. The van der Waals surface area contributed by atoms with Gasteiger partial charge in [-0.3, -0.25) is 9.59 Å². The summed E-state index contributed by atoms with van der Waals surface area (Å²) < 4.78 is 27.1. The van der Waals surface area contributed by atoms with Crippen molar-refractivity contribution in [2.24, 2.45) is 0 Å². The van der Waals surface area contributed by atoms with Gasteiger partial charge in [0.05, 0.1) is 23.8 Å². The van der Waals surface area contributed by atoms with E-state index >= 15 is 0 Å². The number of nitrogens with zero attached hydrogens (tertiary/aromatic N) is 3. The molecule has 4 aliphatic rings. The number of rotatable bonds is 5. The van der Waals surface area contributed by atoms with Crippen molar-refractivity contribution in [3.8, 4) is 0 Å². The van der Waals surface area contributed by atoms with Gasteiger partial charge in [-0.1, -0.05) is 24.3 Å². The third-order valence-electron chi connectivity index (χ3n) is 8.60. The van der Waals surface area contributed by atoms with Gasteiger partial charge in [0.25, 0.3) is 17.7 Å². The number of nitrogens with one attached hydrogen (secondary N) is 1. The first-order chi connectivity index (χ1) is 18.2. The number of alkyl halides is 2. The van der Waals surface area contributed by atoms with Crippen molar-refractivity contribution < 1.29 is 18.4 Å². The molecule has 0 atom stereocenters.